The van der Waals surface area contributed by atoms with Crippen LogP contribution in [0, 0.1) is 0 Å². The number of halogens is 1. The van der Waals surface area contributed by atoms with Crippen molar-refractivity contribution in [2.75, 3.05) is 0 Å². The minimum absolute atomic E-state index is 0.595. The Morgan fingerprint density at radius 1 is 0.704 bits per heavy atom. The summed E-state index contributed by atoms with van der Waals surface area (Å²) in [6, 6.07) is 27.5. The van der Waals surface area contributed by atoms with Gasteiger partial charge in [0.25, 0.3) is 0 Å². The summed E-state index contributed by atoms with van der Waals surface area (Å²) in [5.74, 6) is 0. The molecule has 4 aromatic rings. The second-order valence-electron chi connectivity index (χ2n) is 6.71. The number of aliphatic hydroxyl groups is 1. The highest BCUT2D eigenvalue weighted by molar-refractivity contribution is 6.30. The number of hydrogen-bond donors (Lipinski definition) is 1. The standard InChI is InChI=1S/C24H16ClNO/c25-17-12-13-19-22(15-17)24(27,21-11-6-14-26-23(19)21)20-10-5-4-9-18(20)16-7-2-1-3-8-16/h1-15,27H. The van der Waals surface area contributed by atoms with E-state index in [9.17, 15) is 5.11 Å². The molecule has 0 fully saturated rings. The van der Waals surface area contributed by atoms with Crippen molar-refractivity contribution in [3.63, 3.8) is 0 Å². The molecule has 5 rings (SSSR count). The summed E-state index contributed by atoms with van der Waals surface area (Å²) < 4.78 is 0. The van der Waals surface area contributed by atoms with Crippen LogP contribution in [0.25, 0.3) is 22.4 Å². The first kappa shape index (κ1) is 16.2. The molecular formula is C24H16ClNO. The Hall–Kier alpha value is -2.94. The molecule has 130 valence electrons. The van der Waals surface area contributed by atoms with Gasteiger partial charge in [-0.1, -0.05) is 78.3 Å². The Balaban J connectivity index is 1.86. The van der Waals surface area contributed by atoms with Crippen molar-refractivity contribution in [3.05, 3.63) is 113 Å². The van der Waals surface area contributed by atoms with E-state index in [2.05, 4.69) is 17.1 Å². The van der Waals surface area contributed by atoms with E-state index in [4.69, 9.17) is 11.6 Å². The summed E-state index contributed by atoms with van der Waals surface area (Å²) in [6.45, 7) is 0. The SMILES string of the molecule is OC1(c2ccccc2-c2ccccc2)c2cc(Cl)ccc2-c2ncccc21. The minimum atomic E-state index is -1.31. The molecule has 0 saturated carbocycles. The molecule has 1 heterocycles. The fraction of sp³-hybridized carbons (Fsp3) is 0.0417. The van der Waals surface area contributed by atoms with Gasteiger partial charge < -0.3 is 5.11 Å². The number of benzene rings is 3. The zero-order valence-corrected chi connectivity index (χ0v) is 15.2. The van der Waals surface area contributed by atoms with Crippen LogP contribution in [0.3, 0.4) is 0 Å². The zero-order chi connectivity index (χ0) is 18.4. The van der Waals surface area contributed by atoms with Crippen molar-refractivity contribution in [3.8, 4) is 22.4 Å². The Kier molecular flexibility index (Phi) is 3.64. The van der Waals surface area contributed by atoms with Crippen LogP contribution in [0.1, 0.15) is 16.7 Å². The fourth-order valence-corrected chi connectivity index (χ4v) is 4.21. The van der Waals surface area contributed by atoms with E-state index in [0.717, 1.165) is 39.1 Å². The molecular weight excluding hydrogens is 354 g/mol. The fourth-order valence-electron chi connectivity index (χ4n) is 4.04. The van der Waals surface area contributed by atoms with Crippen LogP contribution in [-0.2, 0) is 5.60 Å². The van der Waals surface area contributed by atoms with Crippen molar-refractivity contribution < 1.29 is 5.11 Å². The monoisotopic (exact) mass is 369 g/mol. The van der Waals surface area contributed by atoms with Gasteiger partial charge >= 0.3 is 0 Å². The molecule has 1 N–H and O–H groups in total. The molecule has 1 aromatic heterocycles. The van der Waals surface area contributed by atoms with Crippen molar-refractivity contribution in [2.24, 2.45) is 0 Å². The highest BCUT2D eigenvalue weighted by Gasteiger charge is 2.45. The first-order chi connectivity index (χ1) is 13.2. The van der Waals surface area contributed by atoms with E-state index >= 15 is 0 Å². The average molecular weight is 370 g/mol. The molecule has 1 atom stereocenters. The second-order valence-corrected chi connectivity index (χ2v) is 7.15. The molecule has 0 saturated heterocycles. The van der Waals surface area contributed by atoms with Gasteiger partial charge in [0.05, 0.1) is 5.69 Å². The van der Waals surface area contributed by atoms with Crippen LogP contribution in [0.4, 0.5) is 0 Å². The molecule has 1 unspecified atom stereocenters. The number of aromatic nitrogens is 1. The Labute approximate surface area is 162 Å². The van der Waals surface area contributed by atoms with E-state index in [0.29, 0.717) is 5.02 Å². The molecule has 0 bridgehead atoms. The van der Waals surface area contributed by atoms with Gasteiger partial charge in [-0.15, -0.1) is 0 Å². The molecule has 3 heteroatoms. The molecule has 0 spiro atoms. The van der Waals surface area contributed by atoms with Gasteiger partial charge in [-0.25, -0.2) is 0 Å². The highest BCUT2D eigenvalue weighted by Crippen LogP contribution is 2.52. The van der Waals surface area contributed by atoms with E-state index in [1.54, 1.807) is 6.20 Å². The lowest BCUT2D eigenvalue weighted by atomic mass is 9.80. The van der Waals surface area contributed by atoms with Crippen LogP contribution in [0.5, 0.6) is 0 Å². The van der Waals surface area contributed by atoms with Gasteiger partial charge in [-0.05, 0) is 29.3 Å². The summed E-state index contributed by atoms with van der Waals surface area (Å²) in [5.41, 5.74) is 4.83. The molecule has 2 nitrogen and oxygen atoms in total. The average Bonchev–Trinajstić information content (AvgIpc) is 2.98. The molecule has 27 heavy (non-hydrogen) atoms. The van der Waals surface area contributed by atoms with Crippen LogP contribution < -0.4 is 0 Å². The van der Waals surface area contributed by atoms with Crippen molar-refractivity contribution in [1.29, 1.82) is 0 Å². The number of rotatable bonds is 2. The van der Waals surface area contributed by atoms with Gasteiger partial charge in [0.15, 0.2) is 0 Å². The van der Waals surface area contributed by atoms with Crippen LogP contribution in [0.2, 0.25) is 5.02 Å². The molecule has 1 aliphatic carbocycles. The van der Waals surface area contributed by atoms with Gasteiger partial charge in [-0.3, -0.25) is 4.98 Å². The Morgan fingerprint density at radius 3 is 2.30 bits per heavy atom. The first-order valence-electron chi connectivity index (χ1n) is 8.83. The van der Waals surface area contributed by atoms with E-state index in [-0.39, 0.29) is 0 Å². The largest absolute Gasteiger partial charge is 0.376 e. The van der Waals surface area contributed by atoms with Crippen molar-refractivity contribution >= 4 is 11.6 Å². The molecule has 0 amide bonds. The predicted molar refractivity (Wildman–Crippen MR) is 109 cm³/mol. The van der Waals surface area contributed by atoms with Gasteiger partial charge in [-0.2, -0.15) is 0 Å². The Bertz CT molecular complexity index is 1160. The maximum atomic E-state index is 12.1. The third kappa shape index (κ3) is 2.34. The number of hydrogen-bond acceptors (Lipinski definition) is 2. The maximum absolute atomic E-state index is 12.1. The number of fused-ring (bicyclic) bond motifs is 3. The third-order valence-electron chi connectivity index (χ3n) is 5.23. The second kappa shape index (κ2) is 6.05. The smallest absolute Gasteiger partial charge is 0.143 e. The normalized spacial score (nSPS) is 17.4. The van der Waals surface area contributed by atoms with Crippen LogP contribution >= 0.6 is 11.6 Å². The summed E-state index contributed by atoms with van der Waals surface area (Å²) in [4.78, 5) is 4.55. The van der Waals surface area contributed by atoms with E-state index < -0.39 is 5.60 Å². The van der Waals surface area contributed by atoms with E-state index in [1.165, 1.54) is 0 Å². The summed E-state index contributed by atoms with van der Waals surface area (Å²) in [5, 5.41) is 12.7. The molecule has 3 aromatic carbocycles. The van der Waals surface area contributed by atoms with Gasteiger partial charge in [0.2, 0.25) is 0 Å². The zero-order valence-electron chi connectivity index (χ0n) is 14.4. The quantitative estimate of drug-likeness (QED) is 0.494. The first-order valence-corrected chi connectivity index (χ1v) is 9.20. The topological polar surface area (TPSA) is 33.1 Å². The lowest BCUT2D eigenvalue weighted by Gasteiger charge is -2.29. The van der Waals surface area contributed by atoms with Crippen LogP contribution in [0.15, 0.2) is 91.1 Å². The summed E-state index contributed by atoms with van der Waals surface area (Å²) in [7, 11) is 0. The maximum Gasteiger partial charge on any atom is 0.143 e. The molecule has 1 aliphatic rings. The van der Waals surface area contributed by atoms with Crippen molar-refractivity contribution in [1.82, 2.24) is 4.98 Å². The molecule has 0 aliphatic heterocycles. The van der Waals surface area contributed by atoms with Crippen LogP contribution in [-0.4, -0.2) is 10.1 Å². The van der Waals surface area contributed by atoms with E-state index in [1.807, 2.05) is 72.8 Å². The number of pyridine rings is 1. The summed E-state index contributed by atoms with van der Waals surface area (Å²) >= 11 is 6.31. The third-order valence-corrected chi connectivity index (χ3v) is 5.46. The van der Waals surface area contributed by atoms with Gasteiger partial charge in [0.1, 0.15) is 5.60 Å². The van der Waals surface area contributed by atoms with Crippen molar-refractivity contribution in [2.45, 2.75) is 5.60 Å². The highest BCUT2D eigenvalue weighted by atomic mass is 35.5. The molecule has 0 radical (unpaired) electrons. The van der Waals surface area contributed by atoms with Gasteiger partial charge in [0, 0.05) is 33.5 Å². The summed E-state index contributed by atoms with van der Waals surface area (Å²) in [6.07, 6.45) is 1.76. The predicted octanol–water partition coefficient (Wildman–Crippen LogP) is 5.67. The lowest BCUT2D eigenvalue weighted by molar-refractivity contribution is 0.131. The Morgan fingerprint density at radius 2 is 1.44 bits per heavy atom. The number of nitrogens with zero attached hydrogens (tertiary/aromatic N) is 1. The lowest BCUT2D eigenvalue weighted by Crippen LogP contribution is -2.27. The minimum Gasteiger partial charge on any atom is -0.376 e.